The van der Waals surface area contributed by atoms with Gasteiger partial charge in [-0.2, -0.15) is 0 Å². The van der Waals surface area contributed by atoms with Crippen molar-refractivity contribution < 1.29 is 23.8 Å². The number of ether oxygens (including phenoxy) is 1. The Labute approximate surface area is 144 Å². The Morgan fingerprint density at radius 2 is 1.84 bits per heavy atom. The average molecular weight is 339 g/mol. The van der Waals surface area contributed by atoms with E-state index in [1.54, 1.807) is 48.5 Å². The summed E-state index contributed by atoms with van der Waals surface area (Å²) in [5.74, 6) is -0.587. The number of carbonyl (C=O) groups is 2. The molecule has 0 unspecified atom stereocenters. The van der Waals surface area contributed by atoms with Crippen molar-refractivity contribution in [2.75, 3.05) is 18.5 Å². The van der Waals surface area contributed by atoms with Crippen LogP contribution in [-0.2, 0) is 4.79 Å². The highest BCUT2D eigenvalue weighted by atomic mass is 16.5. The Kier molecular flexibility index (Phi) is 4.70. The number of fused-ring (bicyclic) bond motifs is 1. The molecule has 0 aliphatic carbocycles. The molecule has 0 spiro atoms. The van der Waals surface area contributed by atoms with Crippen molar-refractivity contribution in [3.63, 3.8) is 0 Å². The molecule has 6 nitrogen and oxygen atoms in total. The summed E-state index contributed by atoms with van der Waals surface area (Å²) in [6.07, 6.45) is 0. The van der Waals surface area contributed by atoms with Crippen molar-refractivity contribution in [1.82, 2.24) is 0 Å². The van der Waals surface area contributed by atoms with Crippen LogP contribution < -0.4 is 10.1 Å². The number of furan rings is 1. The van der Waals surface area contributed by atoms with Crippen molar-refractivity contribution >= 4 is 28.4 Å². The third-order valence-corrected chi connectivity index (χ3v) is 3.65. The van der Waals surface area contributed by atoms with E-state index in [0.717, 1.165) is 0 Å². The smallest absolute Gasteiger partial charge is 0.322 e. The summed E-state index contributed by atoms with van der Waals surface area (Å²) in [7, 11) is 0. The molecule has 0 bridgehead atoms. The molecule has 2 N–H and O–H groups in total. The van der Waals surface area contributed by atoms with E-state index in [0.29, 0.717) is 34.6 Å². The predicted molar refractivity (Wildman–Crippen MR) is 93.4 cm³/mol. The number of anilines is 1. The number of carboxylic acid groups (broad SMARTS) is 1. The molecule has 3 aromatic rings. The van der Waals surface area contributed by atoms with Gasteiger partial charge >= 0.3 is 5.97 Å². The van der Waals surface area contributed by atoms with Crippen LogP contribution in [0.15, 0.2) is 52.9 Å². The van der Waals surface area contributed by atoms with Gasteiger partial charge in [-0.05, 0) is 43.3 Å². The van der Waals surface area contributed by atoms with Crippen LogP contribution in [0, 0.1) is 0 Å². The molecule has 0 atom stereocenters. The highest BCUT2D eigenvalue weighted by Crippen LogP contribution is 2.32. The summed E-state index contributed by atoms with van der Waals surface area (Å²) < 4.78 is 11.1. The number of carboxylic acids is 1. The number of nitrogens with one attached hydrogen (secondary N) is 1. The molecule has 128 valence electrons. The maximum absolute atomic E-state index is 12.8. The third kappa shape index (κ3) is 3.47. The van der Waals surface area contributed by atoms with Crippen LogP contribution in [0.25, 0.3) is 11.0 Å². The summed E-state index contributed by atoms with van der Waals surface area (Å²) in [5, 5.41) is 12.4. The van der Waals surface area contributed by atoms with E-state index in [-0.39, 0.29) is 18.1 Å². The quantitative estimate of drug-likeness (QED) is 0.640. The van der Waals surface area contributed by atoms with Crippen LogP contribution in [0.2, 0.25) is 0 Å². The van der Waals surface area contributed by atoms with Crippen LogP contribution in [0.4, 0.5) is 5.69 Å². The molecule has 0 fully saturated rings. The van der Waals surface area contributed by atoms with Gasteiger partial charge in [0.2, 0.25) is 5.78 Å². The second-order valence-corrected chi connectivity index (χ2v) is 5.34. The van der Waals surface area contributed by atoms with Crippen molar-refractivity contribution in [2.24, 2.45) is 0 Å². The zero-order chi connectivity index (χ0) is 17.8. The van der Waals surface area contributed by atoms with E-state index in [4.69, 9.17) is 14.3 Å². The average Bonchev–Trinajstić information content (AvgIpc) is 2.99. The zero-order valence-corrected chi connectivity index (χ0v) is 13.6. The van der Waals surface area contributed by atoms with E-state index in [2.05, 4.69) is 5.32 Å². The van der Waals surface area contributed by atoms with Gasteiger partial charge in [0.1, 0.15) is 17.9 Å². The molecule has 0 radical (unpaired) electrons. The molecule has 2 aromatic carbocycles. The monoisotopic (exact) mass is 339 g/mol. The molecular formula is C19H17NO5. The summed E-state index contributed by atoms with van der Waals surface area (Å²) in [6.45, 7) is 2.11. The lowest BCUT2D eigenvalue weighted by atomic mass is 10.1. The van der Waals surface area contributed by atoms with Gasteiger partial charge in [-0.1, -0.05) is 12.1 Å². The molecule has 1 aromatic heterocycles. The number of carbonyl (C=O) groups excluding carboxylic acids is 1. The fourth-order valence-corrected chi connectivity index (χ4v) is 2.55. The van der Waals surface area contributed by atoms with E-state index in [9.17, 15) is 9.59 Å². The van der Waals surface area contributed by atoms with Crippen LogP contribution in [0.3, 0.4) is 0 Å². The SMILES string of the molecule is CCOc1ccc(C(=O)c2oc3ccccc3c2NCC(=O)O)cc1. The van der Waals surface area contributed by atoms with E-state index in [1.165, 1.54) is 0 Å². The molecule has 1 heterocycles. The van der Waals surface area contributed by atoms with Gasteiger partial charge in [0.15, 0.2) is 5.76 Å². The minimum atomic E-state index is -1.02. The molecule has 6 heteroatoms. The topological polar surface area (TPSA) is 88.8 Å². The van der Waals surface area contributed by atoms with Gasteiger partial charge in [-0.15, -0.1) is 0 Å². The molecule has 0 saturated heterocycles. The second-order valence-electron chi connectivity index (χ2n) is 5.34. The molecule has 25 heavy (non-hydrogen) atoms. The minimum Gasteiger partial charge on any atom is -0.494 e. The Bertz CT molecular complexity index is 911. The Hall–Kier alpha value is -3.28. The van der Waals surface area contributed by atoms with Gasteiger partial charge in [-0.25, -0.2) is 0 Å². The summed E-state index contributed by atoms with van der Waals surface area (Å²) in [5.41, 5.74) is 1.34. The predicted octanol–water partition coefficient (Wildman–Crippen LogP) is 3.56. The fourth-order valence-electron chi connectivity index (χ4n) is 2.55. The highest BCUT2D eigenvalue weighted by Gasteiger charge is 2.22. The van der Waals surface area contributed by atoms with Gasteiger partial charge < -0.3 is 19.6 Å². The van der Waals surface area contributed by atoms with E-state index in [1.807, 2.05) is 6.92 Å². The third-order valence-electron chi connectivity index (χ3n) is 3.65. The number of rotatable bonds is 7. The number of para-hydroxylation sites is 1. The first kappa shape index (κ1) is 16.6. The van der Waals surface area contributed by atoms with Crippen molar-refractivity contribution in [1.29, 1.82) is 0 Å². The minimum absolute atomic E-state index is 0.0895. The van der Waals surface area contributed by atoms with Gasteiger partial charge in [0.05, 0.1) is 12.3 Å². The Morgan fingerprint density at radius 3 is 2.52 bits per heavy atom. The number of aliphatic carboxylic acids is 1. The van der Waals surface area contributed by atoms with Crippen molar-refractivity contribution in [3.8, 4) is 5.75 Å². The first-order valence-corrected chi connectivity index (χ1v) is 7.85. The van der Waals surface area contributed by atoms with Gasteiger partial charge in [0, 0.05) is 10.9 Å². The molecular weight excluding hydrogens is 322 g/mol. The lowest BCUT2D eigenvalue weighted by molar-refractivity contribution is -0.134. The lowest BCUT2D eigenvalue weighted by Gasteiger charge is -2.06. The standard InChI is InChI=1S/C19H17NO5/c1-2-24-13-9-7-12(8-10-13)18(23)19-17(20-11-16(21)22)14-5-3-4-6-15(14)25-19/h3-10,20H,2,11H2,1H3,(H,21,22). The fraction of sp³-hybridized carbons (Fsp3) is 0.158. The van der Waals surface area contributed by atoms with Crippen LogP contribution in [0.1, 0.15) is 23.0 Å². The van der Waals surface area contributed by atoms with Crippen molar-refractivity contribution in [2.45, 2.75) is 6.92 Å². The van der Waals surface area contributed by atoms with Crippen LogP contribution in [0.5, 0.6) is 5.75 Å². The van der Waals surface area contributed by atoms with Crippen LogP contribution >= 0.6 is 0 Å². The lowest BCUT2D eigenvalue weighted by Crippen LogP contribution is -2.14. The highest BCUT2D eigenvalue weighted by molar-refractivity contribution is 6.15. The van der Waals surface area contributed by atoms with E-state index >= 15 is 0 Å². The summed E-state index contributed by atoms with van der Waals surface area (Å²) in [4.78, 5) is 23.7. The van der Waals surface area contributed by atoms with Gasteiger partial charge in [0.25, 0.3) is 0 Å². The van der Waals surface area contributed by atoms with E-state index < -0.39 is 5.97 Å². The Balaban J connectivity index is 1.99. The molecule has 0 saturated carbocycles. The van der Waals surface area contributed by atoms with Gasteiger partial charge in [-0.3, -0.25) is 9.59 Å². The second kappa shape index (κ2) is 7.09. The Morgan fingerprint density at radius 1 is 1.12 bits per heavy atom. The summed E-state index contributed by atoms with van der Waals surface area (Å²) in [6, 6.07) is 13.8. The molecule has 0 aliphatic rings. The summed E-state index contributed by atoms with van der Waals surface area (Å²) >= 11 is 0. The maximum Gasteiger partial charge on any atom is 0.322 e. The van der Waals surface area contributed by atoms with Crippen molar-refractivity contribution in [3.05, 3.63) is 59.9 Å². The maximum atomic E-state index is 12.8. The number of ketones is 1. The number of benzene rings is 2. The number of hydrogen-bond donors (Lipinski definition) is 2. The molecule has 0 aliphatic heterocycles. The molecule has 0 amide bonds. The first-order chi connectivity index (χ1) is 12.1. The normalized spacial score (nSPS) is 10.6. The zero-order valence-electron chi connectivity index (χ0n) is 13.6. The van der Waals surface area contributed by atoms with Crippen LogP contribution in [-0.4, -0.2) is 30.0 Å². The molecule has 3 rings (SSSR count). The first-order valence-electron chi connectivity index (χ1n) is 7.85. The number of hydrogen-bond acceptors (Lipinski definition) is 5. The largest absolute Gasteiger partial charge is 0.494 e.